The molecule has 1 N–H and O–H groups in total. The lowest BCUT2D eigenvalue weighted by Crippen LogP contribution is -2.18. The molecule has 0 saturated heterocycles. The molecule has 2 aromatic heterocycles. The summed E-state index contributed by atoms with van der Waals surface area (Å²) in [5.41, 5.74) is 2.43. The summed E-state index contributed by atoms with van der Waals surface area (Å²) in [6.45, 7) is 2.00. The van der Waals surface area contributed by atoms with Gasteiger partial charge in [-0.1, -0.05) is 42.0 Å². The third-order valence-corrected chi connectivity index (χ3v) is 5.37. The van der Waals surface area contributed by atoms with E-state index in [9.17, 15) is 18.0 Å². The second kappa shape index (κ2) is 7.36. The molecule has 0 saturated carbocycles. The Balaban J connectivity index is 1.56. The van der Waals surface area contributed by atoms with Crippen molar-refractivity contribution in [2.75, 3.05) is 5.32 Å². The smallest absolute Gasteiger partial charge is 0.325 e. The van der Waals surface area contributed by atoms with E-state index in [4.69, 9.17) is 0 Å². The van der Waals surface area contributed by atoms with Crippen LogP contribution in [0.15, 0.2) is 60.1 Å². The predicted octanol–water partition coefficient (Wildman–Crippen LogP) is 5.57. The Bertz CT molecular complexity index is 1180. The van der Waals surface area contributed by atoms with Crippen LogP contribution in [-0.4, -0.2) is 15.3 Å². The van der Waals surface area contributed by atoms with Crippen LogP contribution in [0.1, 0.15) is 16.8 Å². The summed E-state index contributed by atoms with van der Waals surface area (Å²) in [7, 11) is 0. The van der Waals surface area contributed by atoms with Crippen molar-refractivity contribution in [2.24, 2.45) is 0 Å². The topological polar surface area (TPSA) is 46.4 Å². The van der Waals surface area contributed by atoms with E-state index >= 15 is 0 Å². The van der Waals surface area contributed by atoms with Gasteiger partial charge >= 0.3 is 6.18 Å². The lowest BCUT2D eigenvalue weighted by atomic mass is 10.1. The molecule has 2 heterocycles. The first-order valence-corrected chi connectivity index (χ1v) is 9.68. The number of para-hydroxylation sites is 1. The van der Waals surface area contributed by atoms with Gasteiger partial charge < -0.3 is 5.32 Å². The zero-order valence-electron chi connectivity index (χ0n) is 15.3. The number of hydrogen-bond acceptors (Lipinski definition) is 3. The Hall–Kier alpha value is -3.13. The number of alkyl halides is 3. The largest absolute Gasteiger partial charge is 0.418 e. The molecule has 0 aliphatic heterocycles. The molecule has 1 amide bonds. The molecule has 8 heteroatoms. The highest BCUT2D eigenvalue weighted by Gasteiger charge is 2.33. The van der Waals surface area contributed by atoms with Crippen molar-refractivity contribution in [1.82, 2.24) is 9.38 Å². The molecule has 0 aliphatic carbocycles. The first kappa shape index (κ1) is 19.2. The molecule has 148 valence electrons. The Kier molecular flexibility index (Phi) is 4.87. The highest BCUT2D eigenvalue weighted by atomic mass is 32.1. The molecule has 0 atom stereocenters. The average molecular weight is 415 g/mol. The van der Waals surface area contributed by atoms with E-state index in [1.165, 1.54) is 29.5 Å². The van der Waals surface area contributed by atoms with E-state index < -0.39 is 17.6 Å². The van der Waals surface area contributed by atoms with E-state index in [1.807, 2.05) is 37.4 Å². The molecule has 0 fully saturated rings. The van der Waals surface area contributed by atoms with Crippen LogP contribution in [0.5, 0.6) is 0 Å². The van der Waals surface area contributed by atoms with Crippen molar-refractivity contribution in [3.8, 4) is 11.3 Å². The van der Waals surface area contributed by atoms with Gasteiger partial charge in [-0.15, -0.1) is 11.3 Å². The maximum atomic E-state index is 13.1. The third kappa shape index (κ3) is 4.02. The molecule has 0 bridgehead atoms. The Morgan fingerprint density at radius 1 is 1.14 bits per heavy atom. The summed E-state index contributed by atoms with van der Waals surface area (Å²) in [6.07, 6.45) is -2.76. The van der Waals surface area contributed by atoms with Gasteiger partial charge in [-0.25, -0.2) is 4.98 Å². The van der Waals surface area contributed by atoms with Crippen LogP contribution in [0.25, 0.3) is 16.2 Å². The van der Waals surface area contributed by atoms with Crippen LogP contribution in [0.3, 0.4) is 0 Å². The number of carbonyl (C=O) groups is 1. The number of nitrogens with one attached hydrogen (secondary N) is 1. The Morgan fingerprint density at radius 3 is 2.59 bits per heavy atom. The number of amides is 1. The Labute approximate surface area is 168 Å². The number of aromatic nitrogens is 2. The molecule has 0 unspecified atom stereocenters. The number of nitrogens with zero attached hydrogens (tertiary/aromatic N) is 2. The number of carbonyl (C=O) groups excluding carboxylic acids is 1. The highest BCUT2D eigenvalue weighted by molar-refractivity contribution is 7.15. The van der Waals surface area contributed by atoms with Crippen molar-refractivity contribution < 1.29 is 18.0 Å². The lowest BCUT2D eigenvalue weighted by Gasteiger charge is -2.13. The summed E-state index contributed by atoms with van der Waals surface area (Å²) in [6, 6.07) is 12.9. The fourth-order valence-corrected chi connectivity index (χ4v) is 3.89. The third-order valence-electron chi connectivity index (χ3n) is 4.48. The average Bonchev–Trinajstić information content (AvgIpc) is 3.24. The SMILES string of the molecule is Cc1ccc(-c2cn3c(CC(=O)Nc4ccccc4C(F)(F)F)csc3n2)cc1. The molecule has 29 heavy (non-hydrogen) atoms. The second-order valence-electron chi connectivity index (χ2n) is 6.64. The summed E-state index contributed by atoms with van der Waals surface area (Å²) in [4.78, 5) is 17.7. The van der Waals surface area contributed by atoms with Crippen molar-refractivity contribution in [1.29, 1.82) is 0 Å². The van der Waals surface area contributed by atoms with Gasteiger partial charge in [-0.05, 0) is 19.1 Å². The summed E-state index contributed by atoms with van der Waals surface area (Å²) in [5.74, 6) is -0.521. The van der Waals surface area contributed by atoms with Gasteiger partial charge in [0.05, 0.1) is 23.4 Å². The fraction of sp³-hybridized carbons (Fsp3) is 0.143. The minimum absolute atomic E-state index is 0.0596. The van der Waals surface area contributed by atoms with Crippen LogP contribution in [-0.2, 0) is 17.4 Å². The molecule has 2 aromatic carbocycles. The van der Waals surface area contributed by atoms with Gasteiger partial charge in [0.1, 0.15) is 0 Å². The van der Waals surface area contributed by atoms with Crippen molar-refractivity contribution >= 4 is 27.9 Å². The fourth-order valence-electron chi connectivity index (χ4n) is 3.02. The van der Waals surface area contributed by atoms with E-state index in [0.29, 0.717) is 5.69 Å². The van der Waals surface area contributed by atoms with E-state index in [1.54, 1.807) is 9.78 Å². The zero-order valence-corrected chi connectivity index (χ0v) is 16.1. The number of fused-ring (bicyclic) bond motifs is 1. The van der Waals surface area contributed by atoms with E-state index in [-0.39, 0.29) is 12.1 Å². The van der Waals surface area contributed by atoms with E-state index in [2.05, 4.69) is 10.3 Å². The number of imidazole rings is 1. The van der Waals surface area contributed by atoms with Gasteiger partial charge in [0.15, 0.2) is 4.96 Å². The van der Waals surface area contributed by atoms with Gasteiger partial charge in [0, 0.05) is 22.8 Å². The molecule has 0 aliphatic rings. The number of halogens is 3. The summed E-state index contributed by atoms with van der Waals surface area (Å²) >= 11 is 1.38. The quantitative estimate of drug-likeness (QED) is 0.474. The van der Waals surface area contributed by atoms with Gasteiger partial charge in [0.25, 0.3) is 0 Å². The van der Waals surface area contributed by atoms with Crippen molar-refractivity contribution in [3.63, 3.8) is 0 Å². The molecule has 0 radical (unpaired) electrons. The van der Waals surface area contributed by atoms with Crippen molar-refractivity contribution in [2.45, 2.75) is 19.5 Å². The highest BCUT2D eigenvalue weighted by Crippen LogP contribution is 2.34. The predicted molar refractivity (Wildman–Crippen MR) is 107 cm³/mol. The normalized spacial score (nSPS) is 11.7. The lowest BCUT2D eigenvalue weighted by molar-refractivity contribution is -0.137. The van der Waals surface area contributed by atoms with Gasteiger partial charge in [-0.2, -0.15) is 13.2 Å². The molecular formula is C21H16F3N3OS. The number of anilines is 1. The maximum absolute atomic E-state index is 13.1. The molecule has 0 spiro atoms. The van der Waals surface area contributed by atoms with Crippen LogP contribution >= 0.6 is 11.3 Å². The molecule has 4 aromatic rings. The number of hydrogen-bond donors (Lipinski definition) is 1. The van der Waals surface area contributed by atoms with Gasteiger partial charge in [-0.3, -0.25) is 9.20 Å². The molecule has 4 nitrogen and oxygen atoms in total. The number of aryl methyl sites for hydroxylation is 1. The van der Waals surface area contributed by atoms with Crippen LogP contribution < -0.4 is 5.32 Å². The van der Waals surface area contributed by atoms with E-state index in [0.717, 1.165) is 27.8 Å². The van der Waals surface area contributed by atoms with Crippen LogP contribution in [0.2, 0.25) is 0 Å². The minimum atomic E-state index is -4.53. The summed E-state index contributed by atoms with van der Waals surface area (Å²) in [5, 5.41) is 4.16. The van der Waals surface area contributed by atoms with Crippen molar-refractivity contribution in [3.05, 3.63) is 76.9 Å². The first-order chi connectivity index (χ1) is 13.8. The standard InChI is InChI=1S/C21H16F3N3OS/c1-13-6-8-14(9-7-13)18-11-27-15(12-29-20(27)26-18)10-19(28)25-17-5-3-2-4-16(17)21(22,23)24/h2-9,11-12H,10H2,1H3,(H,25,28). The minimum Gasteiger partial charge on any atom is -0.325 e. The Morgan fingerprint density at radius 2 is 1.86 bits per heavy atom. The maximum Gasteiger partial charge on any atom is 0.418 e. The first-order valence-electron chi connectivity index (χ1n) is 8.80. The van der Waals surface area contributed by atoms with Crippen LogP contribution in [0, 0.1) is 6.92 Å². The van der Waals surface area contributed by atoms with Gasteiger partial charge in [0.2, 0.25) is 5.91 Å². The monoisotopic (exact) mass is 415 g/mol. The van der Waals surface area contributed by atoms with Crippen LogP contribution in [0.4, 0.5) is 18.9 Å². The molecular weight excluding hydrogens is 399 g/mol. The molecule has 4 rings (SSSR count). The summed E-state index contributed by atoms with van der Waals surface area (Å²) < 4.78 is 41.1. The number of rotatable bonds is 4. The zero-order chi connectivity index (χ0) is 20.6. The number of benzene rings is 2. The number of thiazole rings is 1. The second-order valence-corrected chi connectivity index (χ2v) is 7.48.